The largest absolute Gasteiger partial charge is 0.497 e. The molecule has 3 rings (SSSR count). The van der Waals surface area contributed by atoms with Crippen molar-refractivity contribution in [3.63, 3.8) is 0 Å². The lowest BCUT2D eigenvalue weighted by molar-refractivity contribution is -0.132. The van der Waals surface area contributed by atoms with Gasteiger partial charge in [0.2, 0.25) is 5.91 Å². The van der Waals surface area contributed by atoms with E-state index in [1.807, 2.05) is 17.0 Å². The Morgan fingerprint density at radius 2 is 1.69 bits per heavy atom. The van der Waals surface area contributed by atoms with Crippen LogP contribution in [0.2, 0.25) is 5.02 Å². The van der Waals surface area contributed by atoms with E-state index in [4.69, 9.17) is 21.1 Å². The summed E-state index contributed by atoms with van der Waals surface area (Å²) in [5.41, 5.74) is 1.50. The Labute approximate surface area is 194 Å². The first-order chi connectivity index (χ1) is 15.4. The van der Waals surface area contributed by atoms with Gasteiger partial charge in [-0.05, 0) is 48.4 Å². The SMILES string of the molecule is COc1ccc(OCC(=O)Nc2ccc(N3CCN(C(=O)CC(C)C)CC3)c(Cl)c2)cc1. The van der Waals surface area contributed by atoms with Gasteiger partial charge in [-0.2, -0.15) is 0 Å². The maximum Gasteiger partial charge on any atom is 0.262 e. The van der Waals surface area contributed by atoms with Gasteiger partial charge in [-0.3, -0.25) is 9.59 Å². The van der Waals surface area contributed by atoms with E-state index in [9.17, 15) is 9.59 Å². The molecule has 2 aromatic rings. The highest BCUT2D eigenvalue weighted by Crippen LogP contribution is 2.30. The van der Waals surface area contributed by atoms with Crippen molar-refractivity contribution in [2.45, 2.75) is 20.3 Å². The van der Waals surface area contributed by atoms with E-state index in [0.717, 1.165) is 24.5 Å². The summed E-state index contributed by atoms with van der Waals surface area (Å²) in [6, 6.07) is 12.5. The van der Waals surface area contributed by atoms with Crippen LogP contribution in [0.1, 0.15) is 20.3 Å². The predicted octanol–water partition coefficient (Wildman–Crippen LogP) is 4.06. The summed E-state index contributed by atoms with van der Waals surface area (Å²) in [6.45, 7) is 6.82. The first-order valence-corrected chi connectivity index (χ1v) is 11.1. The molecule has 1 aliphatic rings. The fourth-order valence-electron chi connectivity index (χ4n) is 3.53. The van der Waals surface area contributed by atoms with E-state index >= 15 is 0 Å². The zero-order valence-corrected chi connectivity index (χ0v) is 19.5. The molecule has 0 atom stereocenters. The molecule has 2 aromatic carbocycles. The third kappa shape index (κ3) is 6.53. The second-order valence-electron chi connectivity index (χ2n) is 8.14. The van der Waals surface area contributed by atoms with Crippen LogP contribution >= 0.6 is 11.6 Å². The van der Waals surface area contributed by atoms with Gasteiger partial charge in [-0.25, -0.2) is 0 Å². The van der Waals surface area contributed by atoms with Gasteiger partial charge < -0.3 is 24.6 Å². The van der Waals surface area contributed by atoms with Gasteiger partial charge in [-0.1, -0.05) is 25.4 Å². The van der Waals surface area contributed by atoms with E-state index in [1.165, 1.54) is 0 Å². The minimum absolute atomic E-state index is 0.113. The molecular formula is C24H30ClN3O4. The molecule has 0 radical (unpaired) electrons. The van der Waals surface area contributed by atoms with E-state index in [1.54, 1.807) is 37.4 Å². The topological polar surface area (TPSA) is 71.1 Å². The molecule has 32 heavy (non-hydrogen) atoms. The number of methoxy groups -OCH3 is 1. The lowest BCUT2D eigenvalue weighted by Crippen LogP contribution is -2.49. The molecule has 172 valence electrons. The van der Waals surface area contributed by atoms with Crippen molar-refractivity contribution in [2.75, 3.05) is 50.1 Å². The van der Waals surface area contributed by atoms with Gasteiger partial charge in [0.05, 0.1) is 17.8 Å². The summed E-state index contributed by atoms with van der Waals surface area (Å²) >= 11 is 6.50. The predicted molar refractivity (Wildman–Crippen MR) is 127 cm³/mol. The number of hydrogen-bond donors (Lipinski definition) is 1. The van der Waals surface area contributed by atoms with E-state index in [0.29, 0.717) is 41.9 Å². The molecule has 0 bridgehead atoms. The summed E-state index contributed by atoms with van der Waals surface area (Å²) in [6.07, 6.45) is 0.581. The minimum Gasteiger partial charge on any atom is -0.497 e. The summed E-state index contributed by atoms with van der Waals surface area (Å²) in [7, 11) is 1.59. The Balaban J connectivity index is 1.50. The molecular weight excluding hydrogens is 430 g/mol. The Hall–Kier alpha value is -2.93. The van der Waals surface area contributed by atoms with Gasteiger partial charge in [-0.15, -0.1) is 0 Å². The number of carbonyl (C=O) groups excluding carboxylic acids is 2. The molecule has 0 aromatic heterocycles. The molecule has 0 saturated carbocycles. The standard InChI is InChI=1S/C24H30ClN3O4/c1-17(2)14-24(30)28-12-10-27(11-13-28)22-9-4-18(15-21(22)25)26-23(29)16-32-20-7-5-19(31-3)6-8-20/h4-9,15,17H,10-14,16H2,1-3H3,(H,26,29). The normalized spacial score (nSPS) is 13.8. The average Bonchev–Trinajstić information content (AvgIpc) is 2.78. The number of ether oxygens (including phenoxy) is 2. The fraction of sp³-hybridized carbons (Fsp3) is 0.417. The van der Waals surface area contributed by atoms with Crippen molar-refractivity contribution in [2.24, 2.45) is 5.92 Å². The van der Waals surface area contributed by atoms with Crippen LogP contribution in [0.4, 0.5) is 11.4 Å². The van der Waals surface area contributed by atoms with E-state index < -0.39 is 0 Å². The van der Waals surface area contributed by atoms with Crippen LogP contribution in [0.25, 0.3) is 0 Å². The Morgan fingerprint density at radius 3 is 2.28 bits per heavy atom. The zero-order chi connectivity index (χ0) is 23.1. The van der Waals surface area contributed by atoms with Gasteiger partial charge >= 0.3 is 0 Å². The second-order valence-corrected chi connectivity index (χ2v) is 8.55. The number of carbonyl (C=O) groups is 2. The number of nitrogens with zero attached hydrogens (tertiary/aromatic N) is 2. The van der Waals surface area contributed by atoms with Crippen molar-refractivity contribution >= 4 is 34.8 Å². The first-order valence-electron chi connectivity index (χ1n) is 10.7. The highest BCUT2D eigenvalue weighted by molar-refractivity contribution is 6.33. The Kier molecular flexibility index (Phi) is 8.22. The number of halogens is 1. The van der Waals surface area contributed by atoms with Crippen molar-refractivity contribution in [3.8, 4) is 11.5 Å². The number of benzene rings is 2. The maximum absolute atomic E-state index is 12.3. The van der Waals surface area contributed by atoms with Crippen molar-refractivity contribution in [3.05, 3.63) is 47.5 Å². The molecule has 1 aliphatic heterocycles. The van der Waals surface area contributed by atoms with Crippen LogP contribution in [0.5, 0.6) is 11.5 Å². The highest BCUT2D eigenvalue weighted by atomic mass is 35.5. The number of nitrogens with one attached hydrogen (secondary N) is 1. The van der Waals surface area contributed by atoms with Crippen LogP contribution in [-0.2, 0) is 9.59 Å². The minimum atomic E-state index is -0.276. The quantitative estimate of drug-likeness (QED) is 0.644. The molecule has 0 aliphatic carbocycles. The molecule has 0 unspecified atom stereocenters. The molecule has 2 amide bonds. The van der Waals surface area contributed by atoms with Crippen LogP contribution < -0.4 is 19.7 Å². The number of hydrogen-bond acceptors (Lipinski definition) is 5. The molecule has 7 nitrogen and oxygen atoms in total. The zero-order valence-electron chi connectivity index (χ0n) is 18.8. The van der Waals surface area contributed by atoms with Crippen LogP contribution in [0, 0.1) is 5.92 Å². The second kappa shape index (κ2) is 11.1. The van der Waals surface area contributed by atoms with Crippen molar-refractivity contribution < 1.29 is 19.1 Å². The molecule has 1 heterocycles. The third-order valence-electron chi connectivity index (χ3n) is 5.22. The van der Waals surface area contributed by atoms with Crippen molar-refractivity contribution in [1.29, 1.82) is 0 Å². The lowest BCUT2D eigenvalue weighted by atomic mass is 10.1. The summed E-state index contributed by atoms with van der Waals surface area (Å²) < 4.78 is 10.6. The molecule has 1 saturated heterocycles. The highest BCUT2D eigenvalue weighted by Gasteiger charge is 2.23. The fourth-order valence-corrected chi connectivity index (χ4v) is 3.83. The van der Waals surface area contributed by atoms with E-state index in [2.05, 4.69) is 24.1 Å². The van der Waals surface area contributed by atoms with Gasteiger partial charge in [0, 0.05) is 38.3 Å². The van der Waals surface area contributed by atoms with Gasteiger partial charge in [0.1, 0.15) is 11.5 Å². The number of piperazine rings is 1. The Morgan fingerprint density at radius 1 is 1.03 bits per heavy atom. The third-order valence-corrected chi connectivity index (χ3v) is 5.52. The van der Waals surface area contributed by atoms with Crippen molar-refractivity contribution in [1.82, 2.24) is 4.90 Å². The molecule has 1 N–H and O–H groups in total. The Bertz CT molecular complexity index is 925. The average molecular weight is 460 g/mol. The maximum atomic E-state index is 12.3. The molecule has 1 fully saturated rings. The summed E-state index contributed by atoms with van der Waals surface area (Å²) in [5.74, 6) is 1.60. The lowest BCUT2D eigenvalue weighted by Gasteiger charge is -2.36. The molecule has 0 spiro atoms. The number of amides is 2. The summed E-state index contributed by atoms with van der Waals surface area (Å²) in [4.78, 5) is 28.6. The number of rotatable bonds is 8. The number of anilines is 2. The molecule has 8 heteroatoms. The summed E-state index contributed by atoms with van der Waals surface area (Å²) in [5, 5.41) is 3.36. The van der Waals surface area contributed by atoms with E-state index in [-0.39, 0.29) is 18.4 Å². The van der Waals surface area contributed by atoms with Crippen LogP contribution in [-0.4, -0.2) is 56.6 Å². The monoisotopic (exact) mass is 459 g/mol. The van der Waals surface area contributed by atoms with Crippen LogP contribution in [0.3, 0.4) is 0 Å². The van der Waals surface area contributed by atoms with Crippen LogP contribution in [0.15, 0.2) is 42.5 Å². The first kappa shape index (κ1) is 23.7. The smallest absolute Gasteiger partial charge is 0.262 e. The van der Waals surface area contributed by atoms with Gasteiger partial charge in [0.25, 0.3) is 5.91 Å². The van der Waals surface area contributed by atoms with Gasteiger partial charge in [0.15, 0.2) is 6.61 Å².